The summed E-state index contributed by atoms with van der Waals surface area (Å²) in [4.78, 5) is 34.5. The summed E-state index contributed by atoms with van der Waals surface area (Å²) in [6.45, 7) is 1.56. The van der Waals surface area contributed by atoms with Gasteiger partial charge >= 0.3 is 0 Å². The molecular formula is C14H13ClN2O4. The zero-order valence-electron chi connectivity index (χ0n) is 11.3. The van der Waals surface area contributed by atoms with E-state index in [0.717, 1.165) is 17.7 Å². The van der Waals surface area contributed by atoms with Crippen LogP contribution in [0.5, 0.6) is 5.75 Å². The molecule has 0 radical (unpaired) electrons. The average Bonchev–Trinajstić information content (AvgIpc) is 2.48. The van der Waals surface area contributed by atoms with Crippen LogP contribution in [0.2, 0.25) is 5.02 Å². The topological polar surface area (TPSA) is 81.2 Å². The predicted molar refractivity (Wildman–Crippen MR) is 78.3 cm³/mol. The predicted octanol–water partition coefficient (Wildman–Crippen LogP) is 1.47. The van der Waals surface area contributed by atoms with Gasteiger partial charge in [0.2, 0.25) is 0 Å². The third-order valence-corrected chi connectivity index (χ3v) is 3.06. The molecule has 1 N–H and O–H groups in total. The SMILES string of the molecule is CCc1cc(Cl)ccc1OCC(=O)n1[nH]c(=O)ccc1=O. The number of aromatic amines is 1. The highest BCUT2D eigenvalue weighted by Crippen LogP contribution is 2.23. The molecule has 1 heterocycles. The van der Waals surface area contributed by atoms with Crippen molar-refractivity contribution in [1.82, 2.24) is 9.78 Å². The van der Waals surface area contributed by atoms with Crippen molar-refractivity contribution in [2.75, 3.05) is 6.61 Å². The van der Waals surface area contributed by atoms with Gasteiger partial charge in [-0.05, 0) is 30.2 Å². The Kier molecular flexibility index (Phi) is 4.59. The first kappa shape index (κ1) is 15.1. The number of ether oxygens (including phenoxy) is 1. The summed E-state index contributed by atoms with van der Waals surface area (Å²) in [7, 11) is 0. The van der Waals surface area contributed by atoms with Crippen molar-refractivity contribution >= 4 is 17.5 Å². The normalized spacial score (nSPS) is 10.4. The number of H-pyrrole nitrogens is 1. The molecule has 0 fully saturated rings. The van der Waals surface area contributed by atoms with E-state index < -0.39 is 17.0 Å². The fraction of sp³-hybridized carbons (Fsp3) is 0.214. The summed E-state index contributed by atoms with van der Waals surface area (Å²) in [6, 6.07) is 7.14. The van der Waals surface area contributed by atoms with E-state index >= 15 is 0 Å². The molecule has 0 aliphatic heterocycles. The maximum absolute atomic E-state index is 11.9. The molecule has 0 aliphatic carbocycles. The van der Waals surface area contributed by atoms with Gasteiger partial charge in [-0.3, -0.25) is 19.5 Å². The van der Waals surface area contributed by atoms with Crippen LogP contribution in [0.25, 0.3) is 0 Å². The number of carbonyl (C=O) groups is 1. The van der Waals surface area contributed by atoms with Crippen LogP contribution in [-0.4, -0.2) is 22.3 Å². The molecule has 2 rings (SSSR count). The first-order valence-electron chi connectivity index (χ1n) is 6.28. The molecule has 7 heteroatoms. The van der Waals surface area contributed by atoms with E-state index in [0.29, 0.717) is 21.9 Å². The molecule has 2 aromatic rings. The number of halogens is 1. The highest BCUT2D eigenvalue weighted by molar-refractivity contribution is 6.30. The Morgan fingerprint density at radius 1 is 1.29 bits per heavy atom. The lowest BCUT2D eigenvalue weighted by Gasteiger charge is -2.10. The second-order valence-corrected chi connectivity index (χ2v) is 4.71. The lowest BCUT2D eigenvalue weighted by molar-refractivity contribution is 0.0812. The molecule has 0 atom stereocenters. The lowest BCUT2D eigenvalue weighted by Crippen LogP contribution is -2.35. The highest BCUT2D eigenvalue weighted by Gasteiger charge is 2.10. The van der Waals surface area contributed by atoms with Crippen molar-refractivity contribution in [2.24, 2.45) is 0 Å². The van der Waals surface area contributed by atoms with Crippen molar-refractivity contribution in [2.45, 2.75) is 13.3 Å². The van der Waals surface area contributed by atoms with Gasteiger partial charge in [0.25, 0.3) is 17.0 Å². The van der Waals surface area contributed by atoms with Crippen LogP contribution in [0.15, 0.2) is 39.9 Å². The van der Waals surface area contributed by atoms with Crippen molar-refractivity contribution in [1.29, 1.82) is 0 Å². The molecule has 0 unspecified atom stereocenters. The van der Waals surface area contributed by atoms with Gasteiger partial charge in [-0.25, -0.2) is 0 Å². The maximum atomic E-state index is 11.9. The van der Waals surface area contributed by atoms with Crippen LogP contribution in [0.1, 0.15) is 17.3 Å². The van der Waals surface area contributed by atoms with Crippen LogP contribution in [0.3, 0.4) is 0 Å². The molecule has 6 nitrogen and oxygen atoms in total. The van der Waals surface area contributed by atoms with Crippen molar-refractivity contribution in [3.63, 3.8) is 0 Å². The fourth-order valence-electron chi connectivity index (χ4n) is 1.78. The smallest absolute Gasteiger partial charge is 0.286 e. The van der Waals surface area contributed by atoms with Gasteiger partial charge < -0.3 is 4.74 Å². The standard InChI is InChI=1S/C14H13ClN2O4/c1-2-9-7-10(15)3-4-11(9)21-8-14(20)17-13(19)6-5-12(18)16-17/h3-7H,2,8H2,1H3,(H,16,18). The second kappa shape index (κ2) is 6.41. The fourth-order valence-corrected chi connectivity index (χ4v) is 1.97. The summed E-state index contributed by atoms with van der Waals surface area (Å²) in [5.74, 6) is -0.142. The van der Waals surface area contributed by atoms with Gasteiger partial charge in [0.05, 0.1) is 0 Å². The van der Waals surface area contributed by atoms with E-state index in [2.05, 4.69) is 5.10 Å². The molecule has 0 spiro atoms. The molecule has 110 valence electrons. The van der Waals surface area contributed by atoms with Crippen LogP contribution in [-0.2, 0) is 6.42 Å². The van der Waals surface area contributed by atoms with Crippen LogP contribution >= 0.6 is 11.6 Å². The molecule has 1 aromatic heterocycles. The van der Waals surface area contributed by atoms with Gasteiger partial charge in [0, 0.05) is 17.2 Å². The number of hydrogen-bond donors (Lipinski definition) is 1. The third-order valence-electron chi connectivity index (χ3n) is 2.82. The van der Waals surface area contributed by atoms with Gasteiger partial charge in [-0.1, -0.05) is 18.5 Å². The van der Waals surface area contributed by atoms with Crippen molar-refractivity contribution in [3.8, 4) is 5.75 Å². The Labute approximate surface area is 124 Å². The van der Waals surface area contributed by atoms with E-state index in [1.165, 1.54) is 0 Å². The molecule has 0 saturated carbocycles. The van der Waals surface area contributed by atoms with E-state index in [4.69, 9.17) is 16.3 Å². The minimum Gasteiger partial charge on any atom is -0.483 e. The molecule has 21 heavy (non-hydrogen) atoms. The Balaban J connectivity index is 2.16. The zero-order valence-corrected chi connectivity index (χ0v) is 12.0. The number of nitrogens with zero attached hydrogens (tertiary/aromatic N) is 1. The van der Waals surface area contributed by atoms with Gasteiger partial charge in [0.15, 0.2) is 6.61 Å². The number of hydrogen-bond acceptors (Lipinski definition) is 4. The minimum absolute atomic E-state index is 0.367. The first-order chi connectivity index (χ1) is 10.0. The third kappa shape index (κ3) is 3.61. The summed E-state index contributed by atoms with van der Waals surface area (Å²) in [5, 5.41) is 2.73. The van der Waals surface area contributed by atoms with Crippen LogP contribution < -0.4 is 15.9 Å². The minimum atomic E-state index is -0.658. The quantitative estimate of drug-likeness (QED) is 0.927. The van der Waals surface area contributed by atoms with Gasteiger partial charge in [-0.2, -0.15) is 4.68 Å². The van der Waals surface area contributed by atoms with Crippen molar-refractivity contribution < 1.29 is 9.53 Å². The number of nitrogens with one attached hydrogen (secondary N) is 1. The molecule has 0 saturated heterocycles. The van der Waals surface area contributed by atoms with E-state index in [1.807, 2.05) is 6.92 Å². The molecule has 0 amide bonds. The largest absolute Gasteiger partial charge is 0.483 e. The summed E-state index contributed by atoms with van der Waals surface area (Å²) in [5.41, 5.74) is -0.303. The van der Waals surface area contributed by atoms with Crippen molar-refractivity contribution in [3.05, 3.63) is 61.6 Å². The average molecular weight is 309 g/mol. The van der Waals surface area contributed by atoms with Gasteiger partial charge in [-0.15, -0.1) is 0 Å². The summed E-state index contributed by atoms with van der Waals surface area (Å²) >= 11 is 5.88. The van der Waals surface area contributed by atoms with Gasteiger partial charge in [0.1, 0.15) is 5.75 Å². The summed E-state index contributed by atoms with van der Waals surface area (Å²) < 4.78 is 6.03. The van der Waals surface area contributed by atoms with E-state index in [1.54, 1.807) is 18.2 Å². The Morgan fingerprint density at radius 3 is 2.76 bits per heavy atom. The molecular weight excluding hydrogens is 296 g/mol. The monoisotopic (exact) mass is 308 g/mol. The molecule has 0 aliphatic rings. The second-order valence-electron chi connectivity index (χ2n) is 4.27. The highest BCUT2D eigenvalue weighted by atomic mass is 35.5. The van der Waals surface area contributed by atoms with Crippen LogP contribution in [0, 0.1) is 0 Å². The Morgan fingerprint density at radius 2 is 2.05 bits per heavy atom. The number of aryl methyl sites for hydroxylation is 1. The first-order valence-corrected chi connectivity index (χ1v) is 6.66. The lowest BCUT2D eigenvalue weighted by atomic mass is 10.1. The van der Waals surface area contributed by atoms with E-state index in [-0.39, 0.29) is 6.61 Å². The molecule has 0 bridgehead atoms. The number of rotatable bonds is 4. The zero-order chi connectivity index (χ0) is 15.4. The van der Waals surface area contributed by atoms with Crippen LogP contribution in [0.4, 0.5) is 0 Å². The number of aromatic nitrogens is 2. The summed E-state index contributed by atoms with van der Waals surface area (Å²) in [6.07, 6.45) is 0.687. The number of carbonyl (C=O) groups excluding carboxylic acids is 1. The molecule has 1 aromatic carbocycles. The Hall–Kier alpha value is -2.34. The Bertz CT molecular complexity index is 779. The van der Waals surface area contributed by atoms with E-state index in [9.17, 15) is 14.4 Å². The maximum Gasteiger partial charge on any atom is 0.286 e. The number of benzene rings is 1.